The largest absolute Gasteiger partial charge is 0.303 e. The van der Waals surface area contributed by atoms with Crippen LogP contribution in [0.4, 0.5) is 0 Å². The Kier molecular flexibility index (Phi) is 6.99. The van der Waals surface area contributed by atoms with Gasteiger partial charge in [-0.15, -0.1) is 0 Å². The highest BCUT2D eigenvalue weighted by Gasteiger charge is 2.06. The fourth-order valence-electron chi connectivity index (χ4n) is 2.24. The van der Waals surface area contributed by atoms with E-state index in [9.17, 15) is 0 Å². The number of hydrogen-bond acceptors (Lipinski definition) is 2. The van der Waals surface area contributed by atoms with Crippen LogP contribution in [0.1, 0.15) is 31.9 Å². The summed E-state index contributed by atoms with van der Waals surface area (Å²) < 4.78 is 0. The van der Waals surface area contributed by atoms with Gasteiger partial charge < -0.3 is 4.90 Å². The van der Waals surface area contributed by atoms with Gasteiger partial charge in [-0.25, -0.2) is 0 Å². The summed E-state index contributed by atoms with van der Waals surface area (Å²) in [6.07, 6.45) is 0. The van der Waals surface area contributed by atoms with Crippen LogP contribution in [0.25, 0.3) is 0 Å². The molecule has 0 radical (unpaired) electrons. The van der Waals surface area contributed by atoms with Crippen LogP contribution in [0.15, 0.2) is 24.3 Å². The Morgan fingerprint density at radius 3 is 2.06 bits per heavy atom. The number of aryl methyl sites for hydroxylation is 1. The average Bonchev–Trinajstić information content (AvgIpc) is 2.38. The van der Waals surface area contributed by atoms with Gasteiger partial charge in [-0.1, -0.05) is 50.6 Å². The second kappa shape index (κ2) is 8.28. The SMILES string of the molecule is CCN(CC)CCN(CC)Cc1cccc(C)c1. The van der Waals surface area contributed by atoms with Crippen molar-refractivity contribution in [3.63, 3.8) is 0 Å². The van der Waals surface area contributed by atoms with Crippen molar-refractivity contribution in [2.24, 2.45) is 0 Å². The predicted octanol–water partition coefficient (Wildman–Crippen LogP) is 3.16. The van der Waals surface area contributed by atoms with Crippen LogP contribution >= 0.6 is 0 Å². The lowest BCUT2D eigenvalue weighted by Gasteiger charge is -2.25. The van der Waals surface area contributed by atoms with Crippen LogP contribution in [0.5, 0.6) is 0 Å². The van der Waals surface area contributed by atoms with E-state index in [4.69, 9.17) is 0 Å². The summed E-state index contributed by atoms with van der Waals surface area (Å²) in [5.41, 5.74) is 2.78. The number of rotatable bonds is 8. The van der Waals surface area contributed by atoms with E-state index in [1.807, 2.05) is 0 Å². The summed E-state index contributed by atoms with van der Waals surface area (Å²) in [6, 6.07) is 8.84. The topological polar surface area (TPSA) is 6.48 Å². The molecule has 0 saturated heterocycles. The molecule has 0 bridgehead atoms. The smallest absolute Gasteiger partial charge is 0.0234 e. The lowest BCUT2D eigenvalue weighted by molar-refractivity contribution is 0.215. The van der Waals surface area contributed by atoms with Crippen molar-refractivity contribution < 1.29 is 0 Å². The van der Waals surface area contributed by atoms with E-state index in [0.29, 0.717) is 0 Å². The first-order chi connectivity index (χ1) is 8.69. The van der Waals surface area contributed by atoms with E-state index in [1.54, 1.807) is 0 Å². The van der Waals surface area contributed by atoms with E-state index >= 15 is 0 Å². The van der Waals surface area contributed by atoms with Crippen molar-refractivity contribution in [2.45, 2.75) is 34.2 Å². The molecule has 0 amide bonds. The molecule has 0 atom stereocenters. The highest BCUT2D eigenvalue weighted by Crippen LogP contribution is 2.07. The Balaban J connectivity index is 2.46. The first-order valence-corrected chi connectivity index (χ1v) is 7.19. The van der Waals surface area contributed by atoms with Crippen molar-refractivity contribution in [1.82, 2.24) is 9.80 Å². The normalized spacial score (nSPS) is 11.4. The van der Waals surface area contributed by atoms with E-state index < -0.39 is 0 Å². The van der Waals surface area contributed by atoms with Gasteiger partial charge in [0, 0.05) is 19.6 Å². The molecule has 18 heavy (non-hydrogen) atoms. The molecule has 102 valence electrons. The summed E-state index contributed by atoms with van der Waals surface area (Å²) >= 11 is 0. The molecule has 1 rings (SSSR count). The van der Waals surface area contributed by atoms with Crippen molar-refractivity contribution in [2.75, 3.05) is 32.7 Å². The predicted molar refractivity (Wildman–Crippen MR) is 79.9 cm³/mol. The molecule has 2 heteroatoms. The Bertz CT molecular complexity index is 332. The van der Waals surface area contributed by atoms with Gasteiger partial charge in [-0.05, 0) is 32.1 Å². The molecule has 0 unspecified atom stereocenters. The first kappa shape index (κ1) is 15.2. The fourth-order valence-corrected chi connectivity index (χ4v) is 2.24. The average molecular weight is 248 g/mol. The van der Waals surface area contributed by atoms with E-state index in [-0.39, 0.29) is 0 Å². The van der Waals surface area contributed by atoms with Gasteiger partial charge in [-0.3, -0.25) is 4.90 Å². The van der Waals surface area contributed by atoms with Gasteiger partial charge >= 0.3 is 0 Å². The molecule has 0 saturated carbocycles. The van der Waals surface area contributed by atoms with Gasteiger partial charge in [-0.2, -0.15) is 0 Å². The lowest BCUT2D eigenvalue weighted by atomic mass is 10.1. The quantitative estimate of drug-likeness (QED) is 0.697. The monoisotopic (exact) mass is 248 g/mol. The summed E-state index contributed by atoms with van der Waals surface area (Å²) in [7, 11) is 0. The fraction of sp³-hybridized carbons (Fsp3) is 0.625. The first-order valence-electron chi connectivity index (χ1n) is 7.19. The highest BCUT2D eigenvalue weighted by atomic mass is 15.2. The van der Waals surface area contributed by atoms with Crippen LogP contribution in [-0.2, 0) is 6.54 Å². The standard InChI is InChI=1S/C16H28N2/c1-5-17(6-2)11-12-18(7-3)14-16-10-8-9-15(4)13-16/h8-10,13H,5-7,11-12,14H2,1-4H3. The van der Waals surface area contributed by atoms with Gasteiger partial charge in [0.1, 0.15) is 0 Å². The third-order valence-corrected chi connectivity index (χ3v) is 3.56. The number of benzene rings is 1. The Morgan fingerprint density at radius 1 is 0.889 bits per heavy atom. The molecule has 0 aliphatic rings. The van der Waals surface area contributed by atoms with E-state index in [1.165, 1.54) is 17.7 Å². The minimum absolute atomic E-state index is 1.07. The van der Waals surface area contributed by atoms with Crippen LogP contribution in [0.2, 0.25) is 0 Å². The second-order valence-electron chi connectivity index (χ2n) is 4.88. The minimum atomic E-state index is 1.07. The molecule has 0 aromatic heterocycles. The van der Waals surface area contributed by atoms with Gasteiger partial charge in [0.05, 0.1) is 0 Å². The summed E-state index contributed by atoms with van der Waals surface area (Å²) in [4.78, 5) is 5.01. The van der Waals surface area contributed by atoms with Crippen LogP contribution in [0, 0.1) is 6.92 Å². The highest BCUT2D eigenvalue weighted by molar-refractivity contribution is 5.22. The number of nitrogens with zero attached hydrogens (tertiary/aromatic N) is 2. The third kappa shape index (κ3) is 5.19. The molecule has 2 nitrogen and oxygen atoms in total. The molecule has 0 aliphatic carbocycles. The Hall–Kier alpha value is -0.860. The summed E-state index contributed by atoms with van der Waals surface area (Å²) in [5.74, 6) is 0. The lowest BCUT2D eigenvalue weighted by Crippen LogP contribution is -2.34. The van der Waals surface area contributed by atoms with Crippen LogP contribution < -0.4 is 0 Å². The second-order valence-corrected chi connectivity index (χ2v) is 4.88. The van der Waals surface area contributed by atoms with Gasteiger partial charge in [0.2, 0.25) is 0 Å². The molecule has 0 N–H and O–H groups in total. The molecule has 1 aromatic carbocycles. The zero-order chi connectivity index (χ0) is 13.4. The van der Waals surface area contributed by atoms with Gasteiger partial charge in [0.15, 0.2) is 0 Å². The molecular formula is C16H28N2. The number of hydrogen-bond donors (Lipinski definition) is 0. The summed E-state index contributed by atoms with van der Waals surface area (Å²) in [6.45, 7) is 15.7. The molecule has 0 aliphatic heterocycles. The zero-order valence-electron chi connectivity index (χ0n) is 12.4. The molecule has 0 heterocycles. The number of likely N-dealkylation sites (N-methyl/N-ethyl adjacent to an activating group) is 2. The summed E-state index contributed by atoms with van der Waals surface area (Å²) in [5, 5.41) is 0. The van der Waals surface area contributed by atoms with Crippen molar-refractivity contribution in [1.29, 1.82) is 0 Å². The van der Waals surface area contributed by atoms with Crippen LogP contribution in [0.3, 0.4) is 0 Å². The minimum Gasteiger partial charge on any atom is -0.303 e. The van der Waals surface area contributed by atoms with E-state index in [2.05, 4.69) is 61.8 Å². The van der Waals surface area contributed by atoms with Gasteiger partial charge in [0.25, 0.3) is 0 Å². The molecule has 0 fully saturated rings. The van der Waals surface area contributed by atoms with Crippen molar-refractivity contribution in [3.8, 4) is 0 Å². The maximum Gasteiger partial charge on any atom is 0.0234 e. The Labute approximate surface area is 113 Å². The zero-order valence-corrected chi connectivity index (χ0v) is 12.4. The maximum atomic E-state index is 2.52. The molecule has 1 aromatic rings. The molecule has 0 spiro atoms. The molecular weight excluding hydrogens is 220 g/mol. The maximum absolute atomic E-state index is 2.52. The van der Waals surface area contributed by atoms with Crippen molar-refractivity contribution in [3.05, 3.63) is 35.4 Å². The van der Waals surface area contributed by atoms with E-state index in [0.717, 1.165) is 32.7 Å². The van der Waals surface area contributed by atoms with Crippen LogP contribution in [-0.4, -0.2) is 42.5 Å². The van der Waals surface area contributed by atoms with Crippen molar-refractivity contribution >= 4 is 0 Å². The third-order valence-electron chi connectivity index (χ3n) is 3.56. The Morgan fingerprint density at radius 2 is 1.50 bits per heavy atom.